The topological polar surface area (TPSA) is 89.6 Å². The molecule has 0 saturated carbocycles. The highest BCUT2D eigenvalue weighted by Gasteiger charge is 2.33. The monoisotopic (exact) mass is 418 g/mol. The number of hydrogen-bond donors (Lipinski definition) is 2. The van der Waals surface area contributed by atoms with E-state index in [2.05, 4.69) is 15.3 Å². The van der Waals surface area contributed by atoms with Crippen molar-refractivity contribution in [3.8, 4) is 0 Å². The molecule has 8 heteroatoms. The van der Waals surface area contributed by atoms with Gasteiger partial charge in [-0.05, 0) is 49.1 Å². The summed E-state index contributed by atoms with van der Waals surface area (Å²) in [6, 6.07) is 6.10. The summed E-state index contributed by atoms with van der Waals surface area (Å²) >= 11 is 6.06. The minimum Gasteiger partial charge on any atom is -0.386 e. The van der Waals surface area contributed by atoms with Crippen molar-refractivity contribution < 1.29 is 13.9 Å². The minimum atomic E-state index is -0.965. The van der Waals surface area contributed by atoms with Crippen LogP contribution in [0.2, 0.25) is 5.02 Å². The number of aromatic nitrogens is 1. The van der Waals surface area contributed by atoms with E-state index in [-0.39, 0.29) is 25.0 Å². The summed E-state index contributed by atoms with van der Waals surface area (Å²) in [5.74, 6) is -0.419. The number of halogens is 2. The molecule has 154 valence electrons. The van der Waals surface area contributed by atoms with Crippen LogP contribution in [0.25, 0.3) is 0 Å². The van der Waals surface area contributed by atoms with Gasteiger partial charge in [-0.25, -0.2) is 9.37 Å². The average Bonchev–Trinajstić information content (AvgIpc) is 2.68. The summed E-state index contributed by atoms with van der Waals surface area (Å²) in [6.07, 6.45) is 2.27. The number of aliphatic imine (C=N–C) groups is 1. The standard InChI is InChI=1S/C21H24ClFN4O2/c1-4-12(2)15-7-13(22)9-25-19(15)20(28)26-14-5-6-17(23)16(8-14)21(3)11-29-10-18(24)27-21/h5-9,12H,4,10-11H2,1-3H3,(H2,24,27)(H,26,28)/t12?,21-/m0/s1. The fourth-order valence-corrected chi connectivity index (χ4v) is 3.49. The lowest BCUT2D eigenvalue weighted by Crippen LogP contribution is -2.38. The van der Waals surface area contributed by atoms with E-state index in [1.165, 1.54) is 18.3 Å². The molecule has 0 saturated heterocycles. The molecule has 1 unspecified atom stereocenters. The van der Waals surface area contributed by atoms with Crippen LogP contribution in [0.3, 0.4) is 0 Å². The fraction of sp³-hybridized carbons (Fsp3) is 0.381. The number of benzene rings is 1. The molecule has 1 aromatic heterocycles. The van der Waals surface area contributed by atoms with Crippen LogP contribution < -0.4 is 11.1 Å². The Morgan fingerprint density at radius 3 is 2.90 bits per heavy atom. The molecule has 0 spiro atoms. The van der Waals surface area contributed by atoms with Gasteiger partial charge in [0, 0.05) is 17.4 Å². The molecule has 2 aromatic rings. The second-order valence-corrected chi connectivity index (χ2v) is 7.86. The third-order valence-electron chi connectivity index (χ3n) is 5.07. The zero-order valence-corrected chi connectivity index (χ0v) is 17.4. The molecule has 3 rings (SSSR count). The highest BCUT2D eigenvalue weighted by atomic mass is 35.5. The summed E-state index contributed by atoms with van der Waals surface area (Å²) in [6.45, 7) is 6.18. The van der Waals surface area contributed by atoms with Crippen molar-refractivity contribution in [1.82, 2.24) is 4.98 Å². The van der Waals surface area contributed by atoms with Crippen molar-refractivity contribution in [3.63, 3.8) is 0 Å². The molecular formula is C21H24ClFN4O2. The van der Waals surface area contributed by atoms with Crippen LogP contribution in [0, 0.1) is 5.82 Å². The van der Waals surface area contributed by atoms with Crippen molar-refractivity contribution in [2.75, 3.05) is 18.5 Å². The molecule has 1 aromatic carbocycles. The fourth-order valence-electron chi connectivity index (χ4n) is 3.32. The Morgan fingerprint density at radius 1 is 1.45 bits per heavy atom. The Balaban J connectivity index is 1.92. The van der Waals surface area contributed by atoms with Crippen LogP contribution in [-0.2, 0) is 10.3 Å². The summed E-state index contributed by atoms with van der Waals surface area (Å²) in [4.78, 5) is 21.5. The summed E-state index contributed by atoms with van der Waals surface area (Å²) < 4.78 is 20.0. The number of nitrogens with two attached hydrogens (primary N) is 1. The third kappa shape index (κ3) is 4.57. The summed E-state index contributed by atoms with van der Waals surface area (Å²) in [5.41, 5.74) is 6.60. The molecule has 1 aliphatic heterocycles. The maximum Gasteiger partial charge on any atom is 0.274 e. The van der Waals surface area contributed by atoms with Crippen LogP contribution in [0.1, 0.15) is 54.7 Å². The van der Waals surface area contributed by atoms with Gasteiger partial charge in [-0.2, -0.15) is 0 Å². The number of amidine groups is 1. The van der Waals surface area contributed by atoms with Crippen LogP contribution in [0.15, 0.2) is 35.5 Å². The predicted octanol–water partition coefficient (Wildman–Crippen LogP) is 4.24. The van der Waals surface area contributed by atoms with Gasteiger partial charge in [0.25, 0.3) is 5.91 Å². The number of rotatable bonds is 5. The number of carbonyl (C=O) groups is 1. The van der Waals surface area contributed by atoms with Gasteiger partial charge in [0.15, 0.2) is 0 Å². The average molecular weight is 419 g/mol. The molecule has 3 N–H and O–H groups in total. The summed E-state index contributed by atoms with van der Waals surface area (Å²) in [5, 5.41) is 3.27. The lowest BCUT2D eigenvalue weighted by atomic mass is 9.91. The number of nitrogens with one attached hydrogen (secondary N) is 1. The molecule has 0 fully saturated rings. The van der Waals surface area contributed by atoms with Gasteiger partial charge in [0.1, 0.15) is 29.5 Å². The molecule has 29 heavy (non-hydrogen) atoms. The van der Waals surface area contributed by atoms with E-state index in [0.29, 0.717) is 27.8 Å². The van der Waals surface area contributed by atoms with Gasteiger partial charge < -0.3 is 15.8 Å². The number of amides is 1. The minimum absolute atomic E-state index is 0.112. The Labute approximate surface area is 174 Å². The number of hydrogen-bond acceptors (Lipinski definition) is 5. The van der Waals surface area contributed by atoms with Crippen molar-refractivity contribution >= 4 is 29.0 Å². The van der Waals surface area contributed by atoms with Crippen LogP contribution in [0.5, 0.6) is 0 Å². The van der Waals surface area contributed by atoms with Gasteiger partial charge >= 0.3 is 0 Å². The largest absolute Gasteiger partial charge is 0.386 e. The number of nitrogens with zero attached hydrogens (tertiary/aromatic N) is 2. The summed E-state index contributed by atoms with van der Waals surface area (Å²) in [7, 11) is 0. The Hall–Kier alpha value is -2.51. The molecule has 1 amide bonds. The van der Waals surface area contributed by atoms with E-state index in [0.717, 1.165) is 12.0 Å². The zero-order chi connectivity index (χ0) is 21.2. The number of carbonyl (C=O) groups excluding carboxylic acids is 1. The van der Waals surface area contributed by atoms with Crippen molar-refractivity contribution in [2.45, 2.75) is 38.6 Å². The number of anilines is 1. The second kappa shape index (κ2) is 8.47. The van der Waals surface area contributed by atoms with Crippen LogP contribution in [0.4, 0.5) is 10.1 Å². The van der Waals surface area contributed by atoms with Crippen molar-refractivity contribution in [3.05, 3.63) is 58.1 Å². The van der Waals surface area contributed by atoms with Crippen LogP contribution >= 0.6 is 11.6 Å². The highest BCUT2D eigenvalue weighted by Crippen LogP contribution is 2.32. The molecule has 0 radical (unpaired) electrons. The van der Waals surface area contributed by atoms with Crippen molar-refractivity contribution in [2.24, 2.45) is 10.7 Å². The SMILES string of the molecule is CCC(C)c1cc(Cl)cnc1C(=O)Nc1ccc(F)c([C@]2(C)COCC(N)=N2)c1. The molecule has 6 nitrogen and oxygen atoms in total. The van der Waals surface area contributed by atoms with Gasteiger partial charge in [-0.1, -0.05) is 25.4 Å². The Kier molecular flexibility index (Phi) is 6.19. The number of pyridine rings is 1. The zero-order valence-electron chi connectivity index (χ0n) is 16.6. The third-order valence-corrected chi connectivity index (χ3v) is 5.28. The predicted molar refractivity (Wildman–Crippen MR) is 112 cm³/mol. The Bertz CT molecular complexity index is 966. The van der Waals surface area contributed by atoms with E-state index in [4.69, 9.17) is 22.1 Å². The van der Waals surface area contributed by atoms with Gasteiger partial charge in [0.05, 0.1) is 11.6 Å². The van der Waals surface area contributed by atoms with Gasteiger partial charge in [-0.15, -0.1) is 0 Å². The van der Waals surface area contributed by atoms with Gasteiger partial charge in [-0.3, -0.25) is 9.79 Å². The van der Waals surface area contributed by atoms with E-state index in [1.807, 2.05) is 13.8 Å². The van der Waals surface area contributed by atoms with Crippen LogP contribution in [-0.4, -0.2) is 29.9 Å². The molecule has 0 bridgehead atoms. The highest BCUT2D eigenvalue weighted by molar-refractivity contribution is 6.30. The molecule has 0 aliphatic carbocycles. The number of ether oxygens (including phenoxy) is 1. The van der Waals surface area contributed by atoms with E-state index in [1.54, 1.807) is 19.1 Å². The molecular weight excluding hydrogens is 395 g/mol. The quantitative estimate of drug-likeness (QED) is 0.759. The first kappa shape index (κ1) is 21.2. The van der Waals surface area contributed by atoms with E-state index >= 15 is 0 Å². The maximum absolute atomic E-state index is 14.5. The first-order valence-electron chi connectivity index (χ1n) is 9.42. The lowest BCUT2D eigenvalue weighted by molar-refractivity contribution is 0.102. The molecule has 1 aliphatic rings. The first-order chi connectivity index (χ1) is 13.7. The maximum atomic E-state index is 14.5. The van der Waals surface area contributed by atoms with E-state index < -0.39 is 11.4 Å². The molecule has 2 heterocycles. The molecule has 2 atom stereocenters. The Morgan fingerprint density at radius 2 is 2.21 bits per heavy atom. The van der Waals surface area contributed by atoms with Crippen molar-refractivity contribution in [1.29, 1.82) is 0 Å². The van der Waals surface area contributed by atoms with Gasteiger partial charge in [0.2, 0.25) is 0 Å². The van der Waals surface area contributed by atoms with E-state index in [9.17, 15) is 9.18 Å². The normalized spacial score (nSPS) is 20.1. The lowest BCUT2D eigenvalue weighted by Gasteiger charge is -2.30. The smallest absolute Gasteiger partial charge is 0.274 e. The first-order valence-corrected chi connectivity index (χ1v) is 9.80. The second-order valence-electron chi connectivity index (χ2n) is 7.42.